The fourth-order valence-electron chi connectivity index (χ4n) is 2.02. The Hall–Kier alpha value is -0.960. The lowest BCUT2D eigenvalue weighted by Crippen LogP contribution is -2.27. The Labute approximate surface area is 107 Å². The van der Waals surface area contributed by atoms with Crippen LogP contribution in [-0.2, 0) is 0 Å². The molecule has 2 rings (SSSR count). The summed E-state index contributed by atoms with van der Waals surface area (Å²) in [4.78, 5) is 2.17. The van der Waals surface area contributed by atoms with Gasteiger partial charge in [0.25, 0.3) is 0 Å². The zero-order valence-corrected chi connectivity index (χ0v) is 10.8. The average molecular weight is 257 g/mol. The molecule has 0 heterocycles. The lowest BCUT2D eigenvalue weighted by molar-refractivity contribution is 0.625. The van der Waals surface area contributed by atoms with Crippen LogP contribution in [0.5, 0.6) is 0 Å². The minimum absolute atomic E-state index is 0.0918. The summed E-state index contributed by atoms with van der Waals surface area (Å²) in [5.41, 5.74) is 7.26. The van der Waals surface area contributed by atoms with E-state index in [2.05, 4.69) is 11.8 Å². The maximum atomic E-state index is 13.5. The molecule has 1 fully saturated rings. The summed E-state index contributed by atoms with van der Waals surface area (Å²) < 4.78 is 13.5. The van der Waals surface area contributed by atoms with E-state index < -0.39 is 5.82 Å². The molecule has 4 heteroatoms. The molecule has 1 aromatic carbocycles. The largest absolute Gasteiger partial charge is 0.397 e. The number of anilines is 2. The van der Waals surface area contributed by atoms with Crippen molar-refractivity contribution in [1.29, 1.82) is 0 Å². The zero-order valence-electron chi connectivity index (χ0n) is 10.0. The SMILES string of the molecule is CCCN(CC1CC1)c1cc(F)c(Cl)cc1N. The van der Waals surface area contributed by atoms with Gasteiger partial charge < -0.3 is 10.6 Å². The predicted octanol–water partition coefficient (Wildman–Crippen LogP) is 3.69. The predicted molar refractivity (Wildman–Crippen MR) is 71.1 cm³/mol. The van der Waals surface area contributed by atoms with Crippen LogP contribution in [0.2, 0.25) is 5.02 Å². The second kappa shape index (κ2) is 5.13. The smallest absolute Gasteiger partial charge is 0.144 e. The molecule has 1 aromatic rings. The molecule has 1 saturated carbocycles. The first-order valence-electron chi connectivity index (χ1n) is 6.11. The highest BCUT2D eigenvalue weighted by Crippen LogP contribution is 2.35. The highest BCUT2D eigenvalue weighted by molar-refractivity contribution is 6.31. The maximum absolute atomic E-state index is 13.5. The van der Waals surface area contributed by atoms with Crippen LogP contribution in [0.4, 0.5) is 15.8 Å². The normalized spacial score (nSPS) is 15.0. The summed E-state index contributed by atoms with van der Waals surface area (Å²) in [6.07, 6.45) is 3.57. The standard InChI is InChI=1S/C13H18ClFN2/c1-2-5-17(8-9-3-4-9)13-7-11(15)10(14)6-12(13)16/h6-7,9H,2-5,8,16H2,1H3. The van der Waals surface area contributed by atoms with Gasteiger partial charge in [-0.05, 0) is 31.2 Å². The minimum Gasteiger partial charge on any atom is -0.397 e. The van der Waals surface area contributed by atoms with Gasteiger partial charge in [0.15, 0.2) is 0 Å². The van der Waals surface area contributed by atoms with Gasteiger partial charge in [0, 0.05) is 19.2 Å². The summed E-state index contributed by atoms with van der Waals surface area (Å²) in [6, 6.07) is 2.96. The van der Waals surface area contributed by atoms with E-state index in [0.717, 1.165) is 31.1 Å². The van der Waals surface area contributed by atoms with Crippen molar-refractivity contribution in [2.24, 2.45) is 5.92 Å². The molecule has 0 saturated heterocycles. The molecule has 0 bridgehead atoms. The summed E-state index contributed by atoms with van der Waals surface area (Å²) in [6.45, 7) is 3.99. The van der Waals surface area contributed by atoms with E-state index in [1.54, 1.807) is 0 Å². The van der Waals surface area contributed by atoms with Crippen LogP contribution in [0, 0.1) is 11.7 Å². The van der Waals surface area contributed by atoms with Crippen LogP contribution in [0.25, 0.3) is 0 Å². The van der Waals surface area contributed by atoms with E-state index in [-0.39, 0.29) is 5.02 Å². The Morgan fingerprint density at radius 1 is 1.47 bits per heavy atom. The summed E-state index contributed by atoms with van der Waals surface area (Å²) in [5, 5.41) is 0.0918. The molecule has 2 N–H and O–H groups in total. The number of hydrogen-bond acceptors (Lipinski definition) is 2. The topological polar surface area (TPSA) is 29.3 Å². The highest BCUT2D eigenvalue weighted by atomic mass is 35.5. The molecule has 17 heavy (non-hydrogen) atoms. The molecule has 0 aliphatic heterocycles. The molecule has 0 aromatic heterocycles. The molecule has 2 nitrogen and oxygen atoms in total. The molecular weight excluding hydrogens is 239 g/mol. The van der Waals surface area contributed by atoms with Gasteiger partial charge in [0.2, 0.25) is 0 Å². The van der Waals surface area contributed by atoms with Crippen molar-refractivity contribution in [2.75, 3.05) is 23.7 Å². The van der Waals surface area contributed by atoms with Crippen molar-refractivity contribution >= 4 is 23.0 Å². The lowest BCUT2D eigenvalue weighted by Gasteiger charge is -2.26. The fourth-order valence-corrected chi connectivity index (χ4v) is 2.19. The number of nitrogens with two attached hydrogens (primary N) is 1. The number of halogens is 2. The fraction of sp³-hybridized carbons (Fsp3) is 0.538. The average Bonchev–Trinajstić information content (AvgIpc) is 3.07. The number of hydrogen-bond donors (Lipinski definition) is 1. The number of rotatable bonds is 5. The van der Waals surface area contributed by atoms with Gasteiger partial charge in [-0.25, -0.2) is 4.39 Å². The third-order valence-electron chi connectivity index (χ3n) is 3.08. The quantitative estimate of drug-likeness (QED) is 0.815. The van der Waals surface area contributed by atoms with Crippen LogP contribution < -0.4 is 10.6 Å². The first kappa shape index (κ1) is 12.5. The van der Waals surface area contributed by atoms with Gasteiger partial charge in [-0.3, -0.25) is 0 Å². The van der Waals surface area contributed by atoms with Crippen molar-refractivity contribution in [1.82, 2.24) is 0 Å². The molecule has 94 valence electrons. The van der Waals surface area contributed by atoms with Gasteiger partial charge in [-0.1, -0.05) is 18.5 Å². The van der Waals surface area contributed by atoms with Crippen LogP contribution in [0.15, 0.2) is 12.1 Å². The Morgan fingerprint density at radius 3 is 2.76 bits per heavy atom. The number of nitrogen functional groups attached to an aromatic ring is 1. The Kier molecular flexibility index (Phi) is 3.77. The maximum Gasteiger partial charge on any atom is 0.144 e. The Morgan fingerprint density at radius 2 is 2.18 bits per heavy atom. The van der Waals surface area contributed by atoms with Gasteiger partial charge >= 0.3 is 0 Å². The number of nitrogens with zero attached hydrogens (tertiary/aromatic N) is 1. The third-order valence-corrected chi connectivity index (χ3v) is 3.37. The molecule has 0 spiro atoms. The van der Waals surface area contributed by atoms with E-state index >= 15 is 0 Å². The molecular formula is C13H18ClFN2. The molecule has 1 aliphatic carbocycles. The molecule has 0 radical (unpaired) electrons. The second-order valence-electron chi connectivity index (χ2n) is 4.71. The van der Waals surface area contributed by atoms with Crippen LogP contribution >= 0.6 is 11.6 Å². The Bertz CT molecular complexity index is 405. The lowest BCUT2D eigenvalue weighted by atomic mass is 10.2. The van der Waals surface area contributed by atoms with E-state index in [1.165, 1.54) is 25.0 Å². The first-order valence-corrected chi connectivity index (χ1v) is 6.49. The van der Waals surface area contributed by atoms with Crippen molar-refractivity contribution in [3.63, 3.8) is 0 Å². The third kappa shape index (κ3) is 3.03. The van der Waals surface area contributed by atoms with Gasteiger partial charge in [0.05, 0.1) is 16.4 Å². The number of benzene rings is 1. The second-order valence-corrected chi connectivity index (χ2v) is 5.12. The van der Waals surface area contributed by atoms with Gasteiger partial charge in [-0.2, -0.15) is 0 Å². The van der Waals surface area contributed by atoms with Crippen LogP contribution in [-0.4, -0.2) is 13.1 Å². The summed E-state index contributed by atoms with van der Waals surface area (Å²) >= 11 is 5.71. The van der Waals surface area contributed by atoms with E-state index in [9.17, 15) is 4.39 Å². The molecule has 0 unspecified atom stereocenters. The van der Waals surface area contributed by atoms with E-state index in [4.69, 9.17) is 17.3 Å². The zero-order chi connectivity index (χ0) is 12.4. The van der Waals surface area contributed by atoms with Crippen molar-refractivity contribution < 1.29 is 4.39 Å². The van der Waals surface area contributed by atoms with E-state index in [0.29, 0.717) is 5.69 Å². The van der Waals surface area contributed by atoms with Crippen molar-refractivity contribution in [3.05, 3.63) is 23.0 Å². The van der Waals surface area contributed by atoms with Crippen LogP contribution in [0.1, 0.15) is 26.2 Å². The summed E-state index contributed by atoms with van der Waals surface area (Å²) in [5.74, 6) is 0.354. The molecule has 1 aliphatic rings. The van der Waals surface area contributed by atoms with Gasteiger partial charge in [0.1, 0.15) is 5.82 Å². The first-order chi connectivity index (χ1) is 8.11. The molecule has 0 amide bonds. The van der Waals surface area contributed by atoms with Crippen molar-refractivity contribution in [2.45, 2.75) is 26.2 Å². The van der Waals surface area contributed by atoms with Crippen molar-refractivity contribution in [3.8, 4) is 0 Å². The Balaban J connectivity index is 2.23. The molecule has 0 atom stereocenters. The van der Waals surface area contributed by atoms with E-state index in [1.807, 2.05) is 0 Å². The summed E-state index contributed by atoms with van der Waals surface area (Å²) in [7, 11) is 0. The van der Waals surface area contributed by atoms with Crippen LogP contribution in [0.3, 0.4) is 0 Å². The highest BCUT2D eigenvalue weighted by Gasteiger charge is 2.25. The monoisotopic (exact) mass is 256 g/mol. The van der Waals surface area contributed by atoms with Gasteiger partial charge in [-0.15, -0.1) is 0 Å². The minimum atomic E-state index is -0.396.